The molecule has 15 heavy (non-hydrogen) atoms. The molecule has 0 aromatic heterocycles. The lowest BCUT2D eigenvalue weighted by molar-refractivity contribution is -0.122. The number of hydrogen-bond donors (Lipinski definition) is 0. The van der Waals surface area contributed by atoms with Gasteiger partial charge in [-0.2, -0.15) is 0 Å². The smallest absolute Gasteiger partial charge is 0.133 e. The van der Waals surface area contributed by atoms with Crippen molar-refractivity contribution in [2.75, 3.05) is 0 Å². The van der Waals surface area contributed by atoms with E-state index in [2.05, 4.69) is 0 Å². The Morgan fingerprint density at radius 3 is 2.67 bits per heavy atom. The minimum atomic E-state index is 0.321. The second-order valence-electron chi connectivity index (χ2n) is 5.73. The molecule has 2 bridgehead atoms. The predicted molar refractivity (Wildman–Crippen MR) is 56.2 cm³/mol. The molecule has 0 spiro atoms. The third-order valence-corrected chi connectivity index (χ3v) is 5.26. The second-order valence-corrected chi connectivity index (χ2v) is 5.73. The van der Waals surface area contributed by atoms with Gasteiger partial charge in [0.05, 0.1) is 0 Å². The van der Waals surface area contributed by atoms with Gasteiger partial charge in [-0.3, -0.25) is 4.79 Å². The van der Waals surface area contributed by atoms with Crippen LogP contribution >= 0.6 is 0 Å². The zero-order valence-corrected chi connectivity index (χ0v) is 9.19. The third-order valence-electron chi connectivity index (χ3n) is 5.26. The van der Waals surface area contributed by atoms with Crippen LogP contribution in [0.3, 0.4) is 0 Å². The molecule has 0 aromatic rings. The van der Waals surface area contributed by atoms with Crippen molar-refractivity contribution in [3.63, 3.8) is 0 Å². The molecule has 0 radical (unpaired) electrons. The Morgan fingerprint density at radius 2 is 2.00 bits per heavy atom. The maximum atomic E-state index is 11.5. The van der Waals surface area contributed by atoms with E-state index in [1.54, 1.807) is 6.92 Å². The molecule has 0 amide bonds. The van der Waals surface area contributed by atoms with E-state index in [0.717, 1.165) is 12.8 Å². The first-order chi connectivity index (χ1) is 7.22. The van der Waals surface area contributed by atoms with Crippen LogP contribution in [0.1, 0.15) is 32.6 Å². The quantitative estimate of drug-likeness (QED) is 0.648. The van der Waals surface area contributed by atoms with Gasteiger partial charge in [-0.15, -0.1) is 0 Å². The number of rotatable bonds is 2. The summed E-state index contributed by atoms with van der Waals surface area (Å²) in [7, 11) is 0. The number of hydrogen-bond acceptors (Lipinski definition) is 2. The molecule has 3 aliphatic carbocycles. The Kier molecular flexibility index (Phi) is 2.02. The van der Waals surface area contributed by atoms with Crippen molar-refractivity contribution in [3.8, 4) is 0 Å². The lowest BCUT2D eigenvalue weighted by atomic mass is 9.73. The minimum absolute atomic E-state index is 0.321. The molecule has 0 saturated heterocycles. The van der Waals surface area contributed by atoms with E-state index in [1.807, 2.05) is 0 Å². The standard InChI is InChI=1S/C13H18O2/c1-7(15)10-2-3-11-12-5-8(13(10)11)4-9(12)6-14/h6,8-13H,2-5H2,1H3. The lowest BCUT2D eigenvalue weighted by Crippen LogP contribution is -2.30. The van der Waals surface area contributed by atoms with E-state index < -0.39 is 0 Å². The molecule has 0 N–H and O–H groups in total. The summed E-state index contributed by atoms with van der Waals surface area (Å²) in [4.78, 5) is 22.5. The summed E-state index contributed by atoms with van der Waals surface area (Å²) in [6.45, 7) is 1.75. The summed E-state index contributed by atoms with van der Waals surface area (Å²) in [6, 6.07) is 0. The van der Waals surface area contributed by atoms with Crippen LogP contribution in [0.15, 0.2) is 0 Å². The minimum Gasteiger partial charge on any atom is -0.303 e. The molecule has 6 atom stereocenters. The number of aldehydes is 1. The zero-order chi connectivity index (χ0) is 10.6. The largest absolute Gasteiger partial charge is 0.303 e. The normalized spacial score (nSPS) is 51.8. The Balaban J connectivity index is 1.85. The van der Waals surface area contributed by atoms with Crippen LogP contribution < -0.4 is 0 Å². The fourth-order valence-electron chi connectivity index (χ4n) is 4.82. The molecule has 3 saturated carbocycles. The highest BCUT2D eigenvalue weighted by atomic mass is 16.1. The highest BCUT2D eigenvalue weighted by molar-refractivity contribution is 5.79. The first-order valence-corrected chi connectivity index (χ1v) is 6.18. The van der Waals surface area contributed by atoms with E-state index in [4.69, 9.17) is 0 Å². The first kappa shape index (κ1) is 9.56. The Labute approximate surface area is 90.4 Å². The zero-order valence-electron chi connectivity index (χ0n) is 9.19. The van der Waals surface area contributed by atoms with Gasteiger partial charge in [0.25, 0.3) is 0 Å². The molecule has 82 valence electrons. The lowest BCUT2D eigenvalue weighted by Gasteiger charge is -2.30. The van der Waals surface area contributed by atoms with Crippen LogP contribution in [-0.2, 0) is 9.59 Å². The fraction of sp³-hybridized carbons (Fsp3) is 0.846. The van der Waals surface area contributed by atoms with Crippen molar-refractivity contribution in [2.45, 2.75) is 32.6 Å². The van der Waals surface area contributed by atoms with Crippen LogP contribution in [-0.4, -0.2) is 12.1 Å². The van der Waals surface area contributed by atoms with Crippen LogP contribution in [0.25, 0.3) is 0 Å². The second kappa shape index (κ2) is 3.16. The molecular weight excluding hydrogens is 188 g/mol. The van der Waals surface area contributed by atoms with E-state index >= 15 is 0 Å². The van der Waals surface area contributed by atoms with Gasteiger partial charge in [0, 0.05) is 11.8 Å². The van der Waals surface area contributed by atoms with Gasteiger partial charge >= 0.3 is 0 Å². The van der Waals surface area contributed by atoms with Crippen molar-refractivity contribution >= 4 is 12.1 Å². The van der Waals surface area contributed by atoms with E-state index in [0.29, 0.717) is 41.3 Å². The monoisotopic (exact) mass is 206 g/mol. The van der Waals surface area contributed by atoms with Crippen molar-refractivity contribution in [3.05, 3.63) is 0 Å². The topological polar surface area (TPSA) is 34.1 Å². The van der Waals surface area contributed by atoms with E-state index in [1.165, 1.54) is 19.1 Å². The van der Waals surface area contributed by atoms with Crippen LogP contribution in [0.5, 0.6) is 0 Å². The molecule has 3 aliphatic rings. The number of ketones is 1. The Bertz CT molecular complexity index is 310. The van der Waals surface area contributed by atoms with Crippen LogP contribution in [0.4, 0.5) is 0 Å². The molecular formula is C13H18O2. The Hall–Kier alpha value is -0.660. The number of carbonyl (C=O) groups is 2. The number of carbonyl (C=O) groups excluding carboxylic acids is 2. The van der Waals surface area contributed by atoms with Crippen LogP contribution in [0, 0.1) is 35.5 Å². The number of fused-ring (bicyclic) bond motifs is 5. The molecule has 3 rings (SSSR count). The predicted octanol–water partition coefficient (Wildman–Crippen LogP) is 2.07. The molecule has 2 heteroatoms. The summed E-state index contributed by atoms with van der Waals surface area (Å²) in [6.07, 6.45) is 5.74. The summed E-state index contributed by atoms with van der Waals surface area (Å²) in [5.41, 5.74) is 0. The summed E-state index contributed by atoms with van der Waals surface area (Å²) >= 11 is 0. The van der Waals surface area contributed by atoms with Crippen molar-refractivity contribution in [2.24, 2.45) is 35.5 Å². The molecule has 3 fully saturated rings. The summed E-state index contributed by atoms with van der Waals surface area (Å²) in [5.74, 6) is 3.70. The fourth-order valence-corrected chi connectivity index (χ4v) is 4.82. The van der Waals surface area contributed by atoms with Gasteiger partial charge < -0.3 is 4.79 Å². The van der Waals surface area contributed by atoms with Crippen molar-refractivity contribution in [1.29, 1.82) is 0 Å². The van der Waals surface area contributed by atoms with Crippen molar-refractivity contribution < 1.29 is 9.59 Å². The molecule has 0 aromatic carbocycles. The van der Waals surface area contributed by atoms with Gasteiger partial charge in [-0.05, 0) is 56.3 Å². The maximum absolute atomic E-state index is 11.5. The van der Waals surface area contributed by atoms with Gasteiger partial charge in [-0.1, -0.05) is 0 Å². The molecule has 6 unspecified atom stereocenters. The highest BCUT2D eigenvalue weighted by Crippen LogP contribution is 2.62. The third kappa shape index (κ3) is 1.17. The average Bonchev–Trinajstić information content (AvgIpc) is 2.87. The highest BCUT2D eigenvalue weighted by Gasteiger charge is 2.57. The van der Waals surface area contributed by atoms with Gasteiger partial charge in [0.15, 0.2) is 0 Å². The van der Waals surface area contributed by atoms with Gasteiger partial charge in [0.2, 0.25) is 0 Å². The average molecular weight is 206 g/mol. The van der Waals surface area contributed by atoms with Crippen LogP contribution in [0.2, 0.25) is 0 Å². The molecule has 2 nitrogen and oxygen atoms in total. The Morgan fingerprint density at radius 1 is 1.20 bits per heavy atom. The van der Waals surface area contributed by atoms with Crippen molar-refractivity contribution in [1.82, 2.24) is 0 Å². The van der Waals surface area contributed by atoms with Gasteiger partial charge in [0.1, 0.15) is 12.1 Å². The van der Waals surface area contributed by atoms with Gasteiger partial charge in [-0.25, -0.2) is 0 Å². The molecule has 0 aliphatic heterocycles. The summed E-state index contributed by atoms with van der Waals surface area (Å²) in [5, 5.41) is 0. The first-order valence-electron chi connectivity index (χ1n) is 6.18. The van der Waals surface area contributed by atoms with E-state index in [-0.39, 0.29) is 0 Å². The molecule has 0 heterocycles. The SMILES string of the molecule is CC(=O)C1CCC2C3CC(CC3C=O)C12. The maximum Gasteiger partial charge on any atom is 0.133 e. The number of Topliss-reactive ketones (excluding diaryl/α,β-unsaturated/α-hetero) is 1. The summed E-state index contributed by atoms with van der Waals surface area (Å²) < 4.78 is 0. The van der Waals surface area contributed by atoms with E-state index in [9.17, 15) is 9.59 Å².